The lowest BCUT2D eigenvalue weighted by Crippen LogP contribution is -2.36. The third-order valence-electron chi connectivity index (χ3n) is 4.85. The molecule has 0 spiro atoms. The number of carbonyl (C=O) groups excluding carboxylic acids is 1. The molecule has 1 N–H and O–H groups in total. The topological polar surface area (TPSA) is 32.3 Å². The lowest BCUT2D eigenvalue weighted by atomic mass is 10.00. The predicted octanol–water partition coefficient (Wildman–Crippen LogP) is 4.87. The minimum atomic E-state index is 0.0935. The Kier molecular flexibility index (Phi) is 6.54. The van der Waals surface area contributed by atoms with Gasteiger partial charge in [-0.05, 0) is 47.2 Å². The molecule has 27 heavy (non-hydrogen) atoms. The first-order valence-electron chi connectivity index (χ1n) is 9.16. The Morgan fingerprint density at radius 3 is 2.48 bits per heavy atom. The average molecular weight is 379 g/mol. The van der Waals surface area contributed by atoms with Crippen LogP contribution >= 0.6 is 11.8 Å². The van der Waals surface area contributed by atoms with E-state index in [-0.39, 0.29) is 11.9 Å². The Balaban J connectivity index is 1.58. The van der Waals surface area contributed by atoms with Gasteiger partial charge in [-0.15, -0.1) is 11.8 Å². The van der Waals surface area contributed by atoms with Crippen molar-refractivity contribution in [3.05, 3.63) is 77.9 Å². The molecule has 140 valence electrons. The Labute approximate surface area is 165 Å². The zero-order valence-corrected chi connectivity index (χ0v) is 16.9. The SMILES string of the molecule is CSc1ccc(CN(C)C(=O)CN[C@@H](C)c2cccc3ccccc23)cc1. The molecule has 1 atom stereocenters. The van der Waals surface area contributed by atoms with Crippen LogP contribution in [0.3, 0.4) is 0 Å². The van der Waals surface area contributed by atoms with E-state index in [1.807, 2.05) is 7.05 Å². The van der Waals surface area contributed by atoms with Gasteiger partial charge in [-0.2, -0.15) is 0 Å². The number of likely N-dealkylation sites (N-methyl/N-ethyl adjacent to an activating group) is 1. The highest BCUT2D eigenvalue weighted by Crippen LogP contribution is 2.24. The molecule has 0 bridgehead atoms. The summed E-state index contributed by atoms with van der Waals surface area (Å²) in [6, 6.07) is 23.1. The molecule has 3 aromatic rings. The van der Waals surface area contributed by atoms with Crippen LogP contribution in [-0.2, 0) is 11.3 Å². The molecule has 0 saturated carbocycles. The molecule has 0 aliphatic rings. The van der Waals surface area contributed by atoms with E-state index in [2.05, 4.69) is 85.2 Å². The molecule has 3 rings (SSSR count). The molecule has 0 unspecified atom stereocenters. The van der Waals surface area contributed by atoms with Crippen LogP contribution in [0.15, 0.2) is 71.6 Å². The number of fused-ring (bicyclic) bond motifs is 1. The van der Waals surface area contributed by atoms with Crippen molar-refractivity contribution in [1.29, 1.82) is 0 Å². The minimum Gasteiger partial charge on any atom is -0.340 e. The third kappa shape index (κ3) is 4.90. The van der Waals surface area contributed by atoms with E-state index in [4.69, 9.17) is 0 Å². The van der Waals surface area contributed by atoms with Crippen LogP contribution in [0, 0.1) is 0 Å². The monoisotopic (exact) mass is 378 g/mol. The number of thioether (sulfide) groups is 1. The molecule has 4 heteroatoms. The highest BCUT2D eigenvalue weighted by atomic mass is 32.2. The molecule has 0 radical (unpaired) electrons. The average Bonchev–Trinajstić information content (AvgIpc) is 2.71. The molecular formula is C23H26N2OS. The van der Waals surface area contributed by atoms with Gasteiger partial charge in [0, 0.05) is 24.5 Å². The summed E-state index contributed by atoms with van der Waals surface area (Å²) in [6.07, 6.45) is 2.06. The van der Waals surface area contributed by atoms with E-state index in [0.29, 0.717) is 13.1 Å². The van der Waals surface area contributed by atoms with Gasteiger partial charge in [0.2, 0.25) is 5.91 Å². The molecule has 3 aromatic carbocycles. The van der Waals surface area contributed by atoms with Gasteiger partial charge >= 0.3 is 0 Å². The Morgan fingerprint density at radius 1 is 1.04 bits per heavy atom. The molecule has 0 saturated heterocycles. The quantitative estimate of drug-likeness (QED) is 0.595. The van der Waals surface area contributed by atoms with Gasteiger partial charge in [-0.1, -0.05) is 54.6 Å². The van der Waals surface area contributed by atoms with Crippen LogP contribution in [0.2, 0.25) is 0 Å². The van der Waals surface area contributed by atoms with Gasteiger partial charge in [-0.3, -0.25) is 4.79 Å². The number of rotatable bonds is 7. The maximum absolute atomic E-state index is 12.5. The van der Waals surface area contributed by atoms with Crippen molar-refractivity contribution >= 4 is 28.4 Å². The van der Waals surface area contributed by atoms with Crippen LogP contribution in [0.4, 0.5) is 0 Å². The Morgan fingerprint density at radius 2 is 1.74 bits per heavy atom. The van der Waals surface area contributed by atoms with E-state index >= 15 is 0 Å². The van der Waals surface area contributed by atoms with Crippen molar-refractivity contribution in [2.24, 2.45) is 0 Å². The summed E-state index contributed by atoms with van der Waals surface area (Å²) in [6.45, 7) is 3.05. The number of hydrogen-bond donors (Lipinski definition) is 1. The minimum absolute atomic E-state index is 0.0935. The molecule has 0 fully saturated rings. The number of nitrogens with one attached hydrogen (secondary N) is 1. The predicted molar refractivity (Wildman–Crippen MR) is 115 cm³/mol. The largest absolute Gasteiger partial charge is 0.340 e. The fraction of sp³-hybridized carbons (Fsp3) is 0.261. The fourth-order valence-electron chi connectivity index (χ4n) is 3.21. The Hall–Kier alpha value is -2.30. The third-order valence-corrected chi connectivity index (χ3v) is 5.60. The van der Waals surface area contributed by atoms with Gasteiger partial charge in [0.1, 0.15) is 0 Å². The van der Waals surface area contributed by atoms with Gasteiger partial charge in [-0.25, -0.2) is 0 Å². The summed E-state index contributed by atoms with van der Waals surface area (Å²) in [5, 5.41) is 5.84. The molecule has 0 aliphatic heterocycles. The van der Waals surface area contributed by atoms with Crippen molar-refractivity contribution in [2.45, 2.75) is 24.4 Å². The van der Waals surface area contributed by atoms with E-state index in [1.165, 1.54) is 21.2 Å². The van der Waals surface area contributed by atoms with Gasteiger partial charge in [0.25, 0.3) is 0 Å². The fourth-order valence-corrected chi connectivity index (χ4v) is 3.61. The van der Waals surface area contributed by atoms with Crippen LogP contribution < -0.4 is 5.32 Å². The molecule has 1 amide bonds. The zero-order valence-electron chi connectivity index (χ0n) is 16.1. The van der Waals surface area contributed by atoms with E-state index in [0.717, 1.165) is 5.56 Å². The maximum Gasteiger partial charge on any atom is 0.236 e. The first-order valence-corrected chi connectivity index (χ1v) is 10.4. The van der Waals surface area contributed by atoms with Crippen molar-refractivity contribution in [3.8, 4) is 0 Å². The number of hydrogen-bond acceptors (Lipinski definition) is 3. The summed E-state index contributed by atoms with van der Waals surface area (Å²) >= 11 is 1.72. The number of amides is 1. The van der Waals surface area contributed by atoms with Gasteiger partial charge < -0.3 is 10.2 Å². The normalized spacial score (nSPS) is 12.1. The molecule has 0 aromatic heterocycles. The second-order valence-electron chi connectivity index (χ2n) is 6.77. The van der Waals surface area contributed by atoms with Crippen LogP contribution in [0.25, 0.3) is 10.8 Å². The summed E-state index contributed by atoms with van der Waals surface area (Å²) in [7, 11) is 1.86. The number of benzene rings is 3. The lowest BCUT2D eigenvalue weighted by Gasteiger charge is -2.21. The Bertz CT molecular complexity index is 902. The smallest absolute Gasteiger partial charge is 0.236 e. The van der Waals surface area contributed by atoms with Crippen molar-refractivity contribution < 1.29 is 4.79 Å². The highest BCUT2D eigenvalue weighted by Gasteiger charge is 2.13. The zero-order chi connectivity index (χ0) is 19.2. The maximum atomic E-state index is 12.5. The van der Waals surface area contributed by atoms with Crippen LogP contribution in [-0.4, -0.2) is 30.7 Å². The number of nitrogens with zero attached hydrogens (tertiary/aromatic N) is 1. The van der Waals surface area contributed by atoms with Crippen LogP contribution in [0.1, 0.15) is 24.1 Å². The van der Waals surface area contributed by atoms with E-state index in [9.17, 15) is 4.79 Å². The second-order valence-corrected chi connectivity index (χ2v) is 7.65. The lowest BCUT2D eigenvalue weighted by molar-refractivity contribution is -0.129. The first-order chi connectivity index (χ1) is 13.1. The molecule has 0 heterocycles. The van der Waals surface area contributed by atoms with E-state index in [1.54, 1.807) is 16.7 Å². The van der Waals surface area contributed by atoms with Crippen LogP contribution in [0.5, 0.6) is 0 Å². The molecule has 0 aliphatic carbocycles. The summed E-state index contributed by atoms with van der Waals surface area (Å²) in [5.41, 5.74) is 2.36. The highest BCUT2D eigenvalue weighted by molar-refractivity contribution is 7.98. The van der Waals surface area contributed by atoms with Crippen molar-refractivity contribution in [3.63, 3.8) is 0 Å². The van der Waals surface area contributed by atoms with Crippen molar-refractivity contribution in [2.75, 3.05) is 19.8 Å². The summed E-state index contributed by atoms with van der Waals surface area (Å²) in [5.74, 6) is 0.0935. The van der Waals surface area contributed by atoms with Crippen molar-refractivity contribution in [1.82, 2.24) is 10.2 Å². The summed E-state index contributed by atoms with van der Waals surface area (Å²) in [4.78, 5) is 15.5. The molecular weight excluding hydrogens is 352 g/mol. The molecule has 3 nitrogen and oxygen atoms in total. The summed E-state index contributed by atoms with van der Waals surface area (Å²) < 4.78 is 0. The van der Waals surface area contributed by atoms with Gasteiger partial charge in [0.15, 0.2) is 0 Å². The van der Waals surface area contributed by atoms with E-state index < -0.39 is 0 Å². The second kappa shape index (κ2) is 9.07. The standard InChI is InChI=1S/C23H26N2OS/c1-17(21-10-6-8-19-7-4-5-9-22(19)21)24-15-23(26)25(2)16-18-11-13-20(27-3)14-12-18/h4-14,17,24H,15-16H2,1-3H3/t17-/m0/s1. The number of carbonyl (C=O) groups is 1. The first kappa shape index (κ1) is 19.5. The van der Waals surface area contributed by atoms with Gasteiger partial charge in [0.05, 0.1) is 6.54 Å².